The fraction of sp³-hybridized carbons (Fsp3) is 0.269. The lowest BCUT2D eigenvalue weighted by molar-refractivity contribution is 0.210. The highest BCUT2D eigenvalue weighted by molar-refractivity contribution is 7.89. The molecule has 0 saturated carbocycles. The van der Waals surface area contributed by atoms with Crippen molar-refractivity contribution in [3.63, 3.8) is 0 Å². The molecule has 0 radical (unpaired) electrons. The number of sulfonamides is 1. The molecule has 168 valence electrons. The van der Waals surface area contributed by atoms with E-state index in [1.54, 1.807) is 28.6 Å². The maximum absolute atomic E-state index is 13.8. The Morgan fingerprint density at radius 1 is 1.09 bits per heavy atom. The first-order chi connectivity index (χ1) is 15.9. The molecule has 0 aliphatic carbocycles. The van der Waals surface area contributed by atoms with Crippen molar-refractivity contribution in [1.82, 2.24) is 4.31 Å². The highest BCUT2D eigenvalue weighted by Gasteiger charge is 2.48. The van der Waals surface area contributed by atoms with E-state index in [-0.39, 0.29) is 24.6 Å². The summed E-state index contributed by atoms with van der Waals surface area (Å²) in [5, 5.41) is 22.5. The first-order valence-corrected chi connectivity index (χ1v) is 12.5. The van der Waals surface area contributed by atoms with Gasteiger partial charge < -0.3 is 10.4 Å². The van der Waals surface area contributed by atoms with Crippen molar-refractivity contribution in [3.05, 3.63) is 83.4 Å². The molecule has 0 bridgehead atoms. The number of nitrogens with zero attached hydrogens (tertiary/aromatic N) is 2. The molecule has 2 heterocycles. The third-order valence-electron chi connectivity index (χ3n) is 6.85. The van der Waals surface area contributed by atoms with Gasteiger partial charge in [0.15, 0.2) is 0 Å². The normalized spacial score (nSPS) is 22.2. The summed E-state index contributed by atoms with van der Waals surface area (Å²) in [7, 11) is -3.71. The minimum absolute atomic E-state index is 0.0301. The zero-order valence-electron chi connectivity index (χ0n) is 18.3. The van der Waals surface area contributed by atoms with Gasteiger partial charge in [-0.15, -0.1) is 0 Å². The Kier molecular flexibility index (Phi) is 5.45. The van der Waals surface area contributed by atoms with Gasteiger partial charge in [0.25, 0.3) is 0 Å². The zero-order valence-corrected chi connectivity index (χ0v) is 19.1. The summed E-state index contributed by atoms with van der Waals surface area (Å²) < 4.78 is 29.1. The minimum atomic E-state index is -3.71. The zero-order chi connectivity index (χ0) is 23.2. The average Bonchev–Trinajstić information content (AvgIpc) is 3.30. The van der Waals surface area contributed by atoms with Gasteiger partial charge in [-0.1, -0.05) is 36.4 Å². The van der Waals surface area contributed by atoms with Crippen LogP contribution in [0.3, 0.4) is 0 Å². The summed E-state index contributed by atoms with van der Waals surface area (Å²) in [6.45, 7) is 2.16. The predicted molar refractivity (Wildman–Crippen MR) is 127 cm³/mol. The molecule has 3 aromatic rings. The largest absolute Gasteiger partial charge is 0.394 e. The van der Waals surface area contributed by atoms with Crippen LogP contribution in [0.4, 0.5) is 5.69 Å². The van der Waals surface area contributed by atoms with E-state index in [1.165, 1.54) is 0 Å². The third kappa shape index (κ3) is 3.61. The van der Waals surface area contributed by atoms with Crippen LogP contribution in [0.5, 0.6) is 0 Å². The topological polar surface area (TPSA) is 93.4 Å². The van der Waals surface area contributed by atoms with Gasteiger partial charge >= 0.3 is 0 Å². The number of anilines is 1. The Morgan fingerprint density at radius 3 is 2.52 bits per heavy atom. The molecule has 2 N–H and O–H groups in total. The lowest BCUT2D eigenvalue weighted by Gasteiger charge is -2.39. The van der Waals surface area contributed by atoms with E-state index in [1.807, 2.05) is 49.4 Å². The van der Waals surface area contributed by atoms with Gasteiger partial charge in [-0.2, -0.15) is 9.57 Å². The van der Waals surface area contributed by atoms with Crippen molar-refractivity contribution in [2.45, 2.75) is 30.3 Å². The van der Waals surface area contributed by atoms with Gasteiger partial charge in [-0.05, 0) is 65.9 Å². The number of aliphatic hydroxyl groups is 1. The second-order valence-corrected chi connectivity index (χ2v) is 10.6. The number of nitrogens with one attached hydrogen (secondary N) is 1. The molecule has 2 aliphatic heterocycles. The fourth-order valence-corrected chi connectivity index (χ4v) is 7.07. The Hall–Kier alpha value is -3.18. The van der Waals surface area contributed by atoms with Gasteiger partial charge in [0.2, 0.25) is 10.0 Å². The standard InChI is InChI=1S/C26H25N3O3S/c1-17-4-2-3-5-25(17)33(31,32)29-13-12-21-24(16-30)28-23-11-10-20(14-22(23)26(21)29)19-8-6-18(15-27)7-9-19/h2-11,14,21,24,26,28,30H,12-13,16H2,1H3/t21-,24+,26-/m0/s1. The van der Waals surface area contributed by atoms with Crippen molar-refractivity contribution in [2.24, 2.45) is 5.92 Å². The maximum atomic E-state index is 13.8. The molecule has 0 unspecified atom stereocenters. The number of aryl methyl sites for hydroxylation is 1. The quantitative estimate of drug-likeness (QED) is 0.613. The molecule has 33 heavy (non-hydrogen) atoms. The fourth-order valence-electron chi connectivity index (χ4n) is 5.18. The lowest BCUT2D eigenvalue weighted by Crippen LogP contribution is -2.42. The Bertz CT molecular complexity index is 1350. The molecule has 1 fully saturated rings. The third-order valence-corrected chi connectivity index (χ3v) is 8.89. The monoisotopic (exact) mass is 459 g/mol. The molecule has 3 aromatic carbocycles. The van der Waals surface area contributed by atoms with Gasteiger partial charge in [-0.3, -0.25) is 0 Å². The molecule has 2 aliphatic rings. The van der Waals surface area contributed by atoms with Crippen molar-refractivity contribution < 1.29 is 13.5 Å². The van der Waals surface area contributed by atoms with Crippen molar-refractivity contribution in [2.75, 3.05) is 18.5 Å². The van der Waals surface area contributed by atoms with Crippen LogP contribution in [0.25, 0.3) is 11.1 Å². The van der Waals surface area contributed by atoms with Crippen LogP contribution in [0.15, 0.2) is 71.6 Å². The minimum Gasteiger partial charge on any atom is -0.394 e. The van der Waals surface area contributed by atoms with Crippen LogP contribution >= 0.6 is 0 Å². The Balaban J connectivity index is 1.61. The summed E-state index contributed by atoms with van der Waals surface area (Å²) in [6, 6.07) is 22.0. The van der Waals surface area contributed by atoms with Gasteiger partial charge in [0, 0.05) is 18.2 Å². The van der Waals surface area contributed by atoms with Crippen LogP contribution < -0.4 is 5.32 Å². The maximum Gasteiger partial charge on any atom is 0.243 e. The van der Waals surface area contributed by atoms with E-state index < -0.39 is 10.0 Å². The number of nitriles is 1. The molecule has 7 heteroatoms. The molecule has 1 saturated heterocycles. The summed E-state index contributed by atoms with van der Waals surface area (Å²) in [5.74, 6) is -0.0301. The number of rotatable bonds is 4. The van der Waals surface area contributed by atoms with Crippen LogP contribution in [0.2, 0.25) is 0 Å². The summed E-state index contributed by atoms with van der Waals surface area (Å²) in [4.78, 5) is 0.328. The first kappa shape index (κ1) is 21.7. The molecule has 6 nitrogen and oxygen atoms in total. The summed E-state index contributed by atoms with van der Waals surface area (Å²) in [5.41, 5.74) is 5.00. The number of hydrogen-bond donors (Lipinski definition) is 2. The molecular formula is C26H25N3O3S. The van der Waals surface area contributed by atoms with E-state index >= 15 is 0 Å². The van der Waals surface area contributed by atoms with Gasteiger partial charge in [-0.25, -0.2) is 8.42 Å². The second-order valence-electron chi connectivity index (χ2n) is 8.70. The second kappa shape index (κ2) is 8.31. The van der Waals surface area contributed by atoms with Gasteiger partial charge in [0.1, 0.15) is 0 Å². The SMILES string of the molecule is Cc1ccccc1S(=O)(=O)N1CC[C@@H]2[C@H]1c1cc(-c3ccc(C#N)cc3)ccc1N[C@@H]2CO. The van der Waals surface area contributed by atoms with E-state index in [0.717, 1.165) is 27.9 Å². The van der Waals surface area contributed by atoms with Crippen LogP contribution in [0, 0.1) is 24.2 Å². The van der Waals surface area contributed by atoms with Crippen molar-refractivity contribution >= 4 is 15.7 Å². The average molecular weight is 460 g/mol. The Morgan fingerprint density at radius 2 is 1.82 bits per heavy atom. The number of aliphatic hydroxyl groups excluding tert-OH is 1. The lowest BCUT2D eigenvalue weighted by atomic mass is 9.82. The molecule has 0 aromatic heterocycles. The first-order valence-electron chi connectivity index (χ1n) is 11.0. The molecule has 3 atom stereocenters. The smallest absolute Gasteiger partial charge is 0.243 e. The van der Waals surface area contributed by atoms with E-state index in [4.69, 9.17) is 5.26 Å². The van der Waals surface area contributed by atoms with Gasteiger partial charge in [0.05, 0.1) is 35.2 Å². The van der Waals surface area contributed by atoms with Crippen LogP contribution in [0.1, 0.15) is 29.2 Å². The number of hydrogen-bond acceptors (Lipinski definition) is 5. The van der Waals surface area contributed by atoms with Crippen molar-refractivity contribution in [3.8, 4) is 17.2 Å². The predicted octanol–water partition coefficient (Wildman–Crippen LogP) is 4.07. The van der Waals surface area contributed by atoms with E-state index in [9.17, 15) is 13.5 Å². The number of fused-ring (bicyclic) bond motifs is 3. The van der Waals surface area contributed by atoms with Crippen molar-refractivity contribution in [1.29, 1.82) is 5.26 Å². The van der Waals surface area contributed by atoms with Crippen LogP contribution in [-0.2, 0) is 10.0 Å². The van der Waals surface area contributed by atoms with E-state index in [0.29, 0.717) is 23.4 Å². The van der Waals surface area contributed by atoms with Crippen LogP contribution in [-0.4, -0.2) is 37.0 Å². The van der Waals surface area contributed by atoms with E-state index in [2.05, 4.69) is 11.4 Å². The molecule has 0 amide bonds. The highest BCUT2D eigenvalue weighted by Crippen LogP contribution is 2.49. The number of benzene rings is 3. The Labute approximate surface area is 194 Å². The summed E-state index contributed by atoms with van der Waals surface area (Å²) >= 11 is 0. The highest BCUT2D eigenvalue weighted by atomic mass is 32.2. The molecule has 0 spiro atoms. The molecular weight excluding hydrogens is 434 g/mol. The summed E-state index contributed by atoms with van der Waals surface area (Å²) in [6.07, 6.45) is 0.675. The molecule has 5 rings (SSSR count).